The lowest BCUT2D eigenvalue weighted by Crippen LogP contribution is -2.36. The molecule has 0 atom stereocenters. The number of benzene rings is 1. The maximum atomic E-state index is 12.8. The van der Waals surface area contributed by atoms with Gasteiger partial charge in [-0.15, -0.1) is 6.58 Å². The van der Waals surface area contributed by atoms with Gasteiger partial charge in [0.05, 0.1) is 18.6 Å². The number of allylic oxidation sites excluding steroid dienone is 1. The minimum absolute atomic E-state index is 0.0523. The average molecular weight is 311 g/mol. The van der Waals surface area contributed by atoms with Gasteiger partial charge in [0.15, 0.2) is 0 Å². The first-order valence-corrected chi connectivity index (χ1v) is 7.99. The third-order valence-electron chi connectivity index (χ3n) is 3.97. The Kier molecular flexibility index (Phi) is 5.74. The highest BCUT2D eigenvalue weighted by Gasteiger charge is 2.20. The molecular weight excluding hydrogens is 286 g/mol. The van der Waals surface area contributed by atoms with E-state index >= 15 is 0 Å². The highest BCUT2D eigenvalue weighted by molar-refractivity contribution is 5.94. The summed E-state index contributed by atoms with van der Waals surface area (Å²) in [6, 6.07) is 8.01. The van der Waals surface area contributed by atoms with Gasteiger partial charge in [-0.05, 0) is 44.4 Å². The van der Waals surface area contributed by atoms with E-state index in [0.29, 0.717) is 6.54 Å². The molecule has 0 saturated heterocycles. The Morgan fingerprint density at radius 1 is 1.35 bits per heavy atom. The molecule has 2 aromatic rings. The van der Waals surface area contributed by atoms with Crippen LogP contribution in [-0.4, -0.2) is 26.4 Å². The second-order valence-electron chi connectivity index (χ2n) is 6.05. The Bertz CT molecular complexity index is 656. The van der Waals surface area contributed by atoms with Gasteiger partial charge < -0.3 is 9.47 Å². The summed E-state index contributed by atoms with van der Waals surface area (Å²) in [5.74, 6) is 0.0523. The molecule has 0 aliphatic heterocycles. The van der Waals surface area contributed by atoms with Crippen molar-refractivity contribution in [3.05, 3.63) is 66.3 Å². The molecule has 0 saturated carbocycles. The zero-order valence-electron chi connectivity index (χ0n) is 14.2. The molecule has 0 N–H and O–H groups in total. The number of rotatable bonds is 7. The van der Waals surface area contributed by atoms with Gasteiger partial charge in [-0.3, -0.25) is 4.79 Å². The zero-order chi connectivity index (χ0) is 16.8. The smallest absolute Gasteiger partial charge is 0.254 e. The van der Waals surface area contributed by atoms with Crippen LogP contribution < -0.4 is 0 Å². The van der Waals surface area contributed by atoms with Crippen molar-refractivity contribution in [1.29, 1.82) is 0 Å². The van der Waals surface area contributed by atoms with E-state index in [9.17, 15) is 4.79 Å². The number of hydrogen-bond acceptors (Lipinski definition) is 2. The minimum Gasteiger partial charge on any atom is -0.336 e. The fourth-order valence-electron chi connectivity index (χ4n) is 2.45. The van der Waals surface area contributed by atoms with E-state index in [1.165, 1.54) is 5.56 Å². The quantitative estimate of drug-likeness (QED) is 0.733. The van der Waals surface area contributed by atoms with Crippen molar-refractivity contribution in [3.63, 3.8) is 0 Å². The molecule has 1 aromatic heterocycles. The van der Waals surface area contributed by atoms with Crippen LogP contribution in [0.2, 0.25) is 0 Å². The first-order valence-electron chi connectivity index (χ1n) is 7.99. The summed E-state index contributed by atoms with van der Waals surface area (Å²) >= 11 is 0. The van der Waals surface area contributed by atoms with Gasteiger partial charge in [0.25, 0.3) is 5.91 Å². The predicted molar refractivity (Wildman–Crippen MR) is 93.2 cm³/mol. The summed E-state index contributed by atoms with van der Waals surface area (Å²) < 4.78 is 1.95. The molecule has 1 heterocycles. The van der Waals surface area contributed by atoms with Crippen LogP contribution in [0.3, 0.4) is 0 Å². The van der Waals surface area contributed by atoms with Crippen molar-refractivity contribution in [2.45, 2.75) is 39.3 Å². The third-order valence-corrected chi connectivity index (χ3v) is 3.97. The average Bonchev–Trinajstić information content (AvgIpc) is 2.95. The molecule has 0 aliphatic rings. The Morgan fingerprint density at radius 2 is 2.04 bits per heavy atom. The lowest BCUT2D eigenvalue weighted by molar-refractivity contribution is 0.0686. The first kappa shape index (κ1) is 17.0. The Hall–Kier alpha value is -2.36. The van der Waals surface area contributed by atoms with Crippen LogP contribution in [0.1, 0.15) is 41.9 Å². The molecule has 0 radical (unpaired) electrons. The van der Waals surface area contributed by atoms with E-state index in [2.05, 4.69) is 11.6 Å². The van der Waals surface area contributed by atoms with Gasteiger partial charge in [-0.2, -0.15) is 0 Å². The Morgan fingerprint density at radius 3 is 2.57 bits per heavy atom. The summed E-state index contributed by atoms with van der Waals surface area (Å²) in [4.78, 5) is 18.8. The van der Waals surface area contributed by atoms with Crippen molar-refractivity contribution < 1.29 is 4.79 Å². The summed E-state index contributed by atoms with van der Waals surface area (Å²) in [7, 11) is 1.94. The number of imidazole rings is 1. The van der Waals surface area contributed by atoms with Crippen LogP contribution in [0.15, 0.2) is 49.4 Å². The number of amides is 1. The lowest BCUT2D eigenvalue weighted by atomic mass is 10.1. The number of nitrogens with zero attached hydrogens (tertiary/aromatic N) is 3. The molecular formula is C19H25N3O. The van der Waals surface area contributed by atoms with Crippen molar-refractivity contribution in [2.75, 3.05) is 0 Å². The van der Waals surface area contributed by atoms with Crippen molar-refractivity contribution in [2.24, 2.45) is 7.05 Å². The van der Waals surface area contributed by atoms with Gasteiger partial charge in [-0.25, -0.2) is 4.98 Å². The van der Waals surface area contributed by atoms with Crippen LogP contribution >= 0.6 is 0 Å². The number of aromatic nitrogens is 2. The van der Waals surface area contributed by atoms with E-state index < -0.39 is 0 Å². The van der Waals surface area contributed by atoms with Gasteiger partial charge in [-0.1, -0.05) is 18.2 Å². The molecule has 0 aliphatic carbocycles. The molecule has 1 aromatic carbocycles. The van der Waals surface area contributed by atoms with Crippen LogP contribution in [-0.2, 0) is 20.0 Å². The monoisotopic (exact) mass is 311 g/mol. The van der Waals surface area contributed by atoms with Crippen LogP contribution in [0.4, 0.5) is 0 Å². The molecule has 0 fully saturated rings. The summed E-state index contributed by atoms with van der Waals surface area (Å²) in [6.45, 7) is 8.37. The first-order chi connectivity index (χ1) is 11.0. The second-order valence-corrected chi connectivity index (χ2v) is 6.05. The lowest BCUT2D eigenvalue weighted by Gasteiger charge is -2.27. The highest BCUT2D eigenvalue weighted by Crippen LogP contribution is 2.14. The standard InChI is InChI=1S/C19H25N3O/c1-5-6-7-16-8-10-17(11-9-16)19(23)22(15(2)3)13-18-12-20-14-21(18)4/h5,8-12,14-15H,1,6-7,13H2,2-4H3. The fraction of sp³-hybridized carbons (Fsp3) is 0.368. The van der Waals surface area contributed by atoms with E-state index in [-0.39, 0.29) is 11.9 Å². The SMILES string of the molecule is C=CCCc1ccc(C(=O)N(Cc2cncn2C)C(C)C)cc1. The molecule has 0 unspecified atom stereocenters. The molecule has 1 amide bonds. The number of carbonyl (C=O) groups excluding carboxylic acids is 1. The Labute approximate surface area is 138 Å². The van der Waals surface area contributed by atoms with E-state index in [0.717, 1.165) is 24.1 Å². The van der Waals surface area contributed by atoms with Crippen molar-refractivity contribution in [1.82, 2.24) is 14.5 Å². The van der Waals surface area contributed by atoms with Crippen molar-refractivity contribution in [3.8, 4) is 0 Å². The molecule has 0 spiro atoms. The third kappa shape index (κ3) is 4.31. The molecule has 2 rings (SSSR count). The summed E-state index contributed by atoms with van der Waals surface area (Å²) in [6.07, 6.45) is 7.38. The van der Waals surface area contributed by atoms with Crippen LogP contribution in [0.5, 0.6) is 0 Å². The fourth-order valence-corrected chi connectivity index (χ4v) is 2.45. The zero-order valence-corrected chi connectivity index (χ0v) is 14.2. The van der Waals surface area contributed by atoms with E-state index in [1.54, 1.807) is 12.5 Å². The maximum absolute atomic E-state index is 12.8. The molecule has 4 heteroatoms. The van der Waals surface area contributed by atoms with Gasteiger partial charge in [0.1, 0.15) is 0 Å². The topological polar surface area (TPSA) is 38.1 Å². The van der Waals surface area contributed by atoms with Crippen LogP contribution in [0, 0.1) is 0 Å². The van der Waals surface area contributed by atoms with Crippen molar-refractivity contribution >= 4 is 5.91 Å². The van der Waals surface area contributed by atoms with Gasteiger partial charge in [0.2, 0.25) is 0 Å². The van der Waals surface area contributed by atoms with E-state index in [4.69, 9.17) is 0 Å². The second kappa shape index (κ2) is 7.77. The Balaban J connectivity index is 2.14. The predicted octanol–water partition coefficient (Wildman–Crippen LogP) is 3.59. The normalized spacial score (nSPS) is 10.8. The highest BCUT2D eigenvalue weighted by atomic mass is 16.2. The van der Waals surface area contributed by atoms with Crippen LogP contribution in [0.25, 0.3) is 0 Å². The maximum Gasteiger partial charge on any atom is 0.254 e. The molecule has 4 nitrogen and oxygen atoms in total. The number of aryl methyl sites for hydroxylation is 2. The summed E-state index contributed by atoms with van der Waals surface area (Å²) in [5, 5.41) is 0. The summed E-state index contributed by atoms with van der Waals surface area (Å²) in [5.41, 5.74) is 2.97. The largest absolute Gasteiger partial charge is 0.336 e. The van der Waals surface area contributed by atoms with Gasteiger partial charge in [0, 0.05) is 24.8 Å². The molecule has 122 valence electrons. The molecule has 0 bridgehead atoms. The molecule has 23 heavy (non-hydrogen) atoms. The van der Waals surface area contributed by atoms with E-state index in [1.807, 2.05) is 60.7 Å². The number of hydrogen-bond donors (Lipinski definition) is 0. The minimum atomic E-state index is 0.0523. The number of carbonyl (C=O) groups is 1. The van der Waals surface area contributed by atoms with Gasteiger partial charge >= 0.3 is 0 Å².